The van der Waals surface area contributed by atoms with Gasteiger partial charge in [-0.25, -0.2) is 9.37 Å². The maximum absolute atomic E-state index is 13.2. The number of nitrogens with two attached hydrogens (primary N) is 1. The van der Waals surface area contributed by atoms with Crippen LogP contribution in [0.3, 0.4) is 0 Å². The molecule has 0 saturated heterocycles. The largest absolute Gasteiger partial charge is 0.399 e. The van der Waals surface area contributed by atoms with Crippen LogP contribution in [-0.4, -0.2) is 9.55 Å². The highest BCUT2D eigenvalue weighted by atomic mass is 19.1. The first-order chi connectivity index (χ1) is 8.45. The predicted molar refractivity (Wildman–Crippen MR) is 67.9 cm³/mol. The summed E-state index contributed by atoms with van der Waals surface area (Å²) in [5, 5.41) is 0. The fourth-order valence-corrected chi connectivity index (χ4v) is 1.91. The lowest BCUT2D eigenvalue weighted by Crippen LogP contribution is -2.24. The highest BCUT2D eigenvalue weighted by Crippen LogP contribution is 2.12. The number of halogens is 1. The van der Waals surface area contributed by atoms with E-state index in [2.05, 4.69) is 4.98 Å². The summed E-state index contributed by atoms with van der Waals surface area (Å²) in [5.41, 5.74) is 7.08. The maximum Gasteiger partial charge on any atom is 0.254 e. The molecular formula is C13H14FN3O. The van der Waals surface area contributed by atoms with Gasteiger partial charge >= 0.3 is 0 Å². The van der Waals surface area contributed by atoms with E-state index in [1.807, 2.05) is 0 Å². The van der Waals surface area contributed by atoms with Crippen LogP contribution in [0.1, 0.15) is 17.1 Å². The number of hydrogen-bond donors (Lipinski definition) is 1. The van der Waals surface area contributed by atoms with E-state index in [0.717, 1.165) is 0 Å². The number of rotatable bonds is 2. The highest BCUT2D eigenvalue weighted by Gasteiger charge is 2.05. The van der Waals surface area contributed by atoms with Gasteiger partial charge in [-0.1, -0.05) is 0 Å². The zero-order valence-corrected chi connectivity index (χ0v) is 10.3. The topological polar surface area (TPSA) is 60.9 Å². The summed E-state index contributed by atoms with van der Waals surface area (Å²) in [6.07, 6.45) is 0. The number of anilines is 1. The van der Waals surface area contributed by atoms with Crippen LogP contribution in [-0.2, 0) is 6.54 Å². The van der Waals surface area contributed by atoms with Crippen molar-refractivity contribution in [2.45, 2.75) is 20.4 Å². The van der Waals surface area contributed by atoms with Crippen molar-refractivity contribution in [2.24, 2.45) is 0 Å². The van der Waals surface area contributed by atoms with Gasteiger partial charge in [-0.05, 0) is 37.6 Å². The second kappa shape index (κ2) is 4.60. The van der Waals surface area contributed by atoms with Crippen molar-refractivity contribution < 1.29 is 4.39 Å². The molecule has 1 aromatic heterocycles. The molecule has 1 aromatic carbocycles. The first kappa shape index (κ1) is 12.3. The first-order valence-electron chi connectivity index (χ1n) is 5.56. The van der Waals surface area contributed by atoms with Gasteiger partial charge in [-0.15, -0.1) is 0 Å². The van der Waals surface area contributed by atoms with Crippen LogP contribution >= 0.6 is 0 Å². The second-order valence-electron chi connectivity index (χ2n) is 4.26. The van der Waals surface area contributed by atoms with Gasteiger partial charge < -0.3 is 5.73 Å². The molecule has 2 rings (SSSR count). The summed E-state index contributed by atoms with van der Waals surface area (Å²) < 4.78 is 14.7. The maximum atomic E-state index is 13.2. The lowest BCUT2D eigenvalue weighted by atomic mass is 10.2. The van der Waals surface area contributed by atoms with Crippen LogP contribution in [0.5, 0.6) is 0 Å². The van der Waals surface area contributed by atoms with Gasteiger partial charge in [-0.2, -0.15) is 0 Å². The Morgan fingerprint density at radius 1 is 1.28 bits per heavy atom. The van der Waals surface area contributed by atoms with Gasteiger partial charge in [0.2, 0.25) is 0 Å². The van der Waals surface area contributed by atoms with Gasteiger partial charge in [0.05, 0.1) is 6.54 Å². The van der Waals surface area contributed by atoms with Crippen LogP contribution in [0.25, 0.3) is 0 Å². The molecule has 0 aliphatic carbocycles. The van der Waals surface area contributed by atoms with Crippen molar-refractivity contribution in [3.63, 3.8) is 0 Å². The Balaban J connectivity index is 2.43. The molecule has 18 heavy (non-hydrogen) atoms. The number of nitrogens with zero attached hydrogens (tertiary/aromatic N) is 2. The lowest BCUT2D eigenvalue weighted by molar-refractivity contribution is 0.621. The van der Waals surface area contributed by atoms with E-state index < -0.39 is 5.82 Å². The Kier molecular flexibility index (Phi) is 3.14. The number of benzene rings is 1. The highest BCUT2D eigenvalue weighted by molar-refractivity contribution is 5.41. The third-order valence-electron chi connectivity index (χ3n) is 2.65. The molecule has 0 atom stereocenters. The average Bonchev–Trinajstić information content (AvgIpc) is 2.22. The monoisotopic (exact) mass is 247 g/mol. The van der Waals surface area contributed by atoms with E-state index in [1.54, 1.807) is 19.9 Å². The van der Waals surface area contributed by atoms with Gasteiger partial charge in [0.25, 0.3) is 5.56 Å². The number of nitrogen functional groups attached to an aromatic ring is 1. The average molecular weight is 247 g/mol. The van der Waals surface area contributed by atoms with Crippen molar-refractivity contribution in [2.75, 3.05) is 5.73 Å². The molecule has 0 amide bonds. The normalized spacial score (nSPS) is 10.6. The Hall–Kier alpha value is -2.17. The van der Waals surface area contributed by atoms with Crippen molar-refractivity contribution in [3.8, 4) is 0 Å². The molecule has 0 aliphatic heterocycles. The summed E-state index contributed by atoms with van der Waals surface area (Å²) in [6.45, 7) is 3.77. The van der Waals surface area contributed by atoms with E-state index in [4.69, 9.17) is 5.73 Å². The summed E-state index contributed by atoms with van der Waals surface area (Å²) in [6, 6.07) is 5.71. The second-order valence-corrected chi connectivity index (χ2v) is 4.26. The molecule has 5 heteroatoms. The van der Waals surface area contributed by atoms with Gasteiger partial charge in [-0.3, -0.25) is 9.36 Å². The van der Waals surface area contributed by atoms with E-state index >= 15 is 0 Å². The Labute approximate surface area is 104 Å². The van der Waals surface area contributed by atoms with Crippen LogP contribution in [0, 0.1) is 19.7 Å². The molecule has 0 spiro atoms. The third kappa shape index (κ3) is 2.56. The van der Waals surface area contributed by atoms with E-state index in [0.29, 0.717) is 22.8 Å². The summed E-state index contributed by atoms with van der Waals surface area (Å²) in [7, 11) is 0. The van der Waals surface area contributed by atoms with Gasteiger partial charge in [0, 0.05) is 17.4 Å². The number of aromatic nitrogens is 2. The molecular weight excluding hydrogens is 233 g/mol. The van der Waals surface area contributed by atoms with Gasteiger partial charge in [0.15, 0.2) is 0 Å². The molecule has 0 fully saturated rings. The fraction of sp³-hybridized carbons (Fsp3) is 0.231. The number of aryl methyl sites for hydroxylation is 2. The molecule has 94 valence electrons. The molecule has 2 N–H and O–H groups in total. The van der Waals surface area contributed by atoms with Gasteiger partial charge in [0.1, 0.15) is 11.6 Å². The molecule has 2 aromatic rings. The standard InChI is InChI=1S/C13H14FN3O/c1-8-3-13(18)17(9(2)16-8)7-10-4-11(14)6-12(15)5-10/h3-6H,7,15H2,1-2H3. The molecule has 0 saturated carbocycles. The quantitative estimate of drug-likeness (QED) is 0.820. The van der Waals surface area contributed by atoms with Crippen molar-refractivity contribution in [3.05, 3.63) is 57.5 Å². The van der Waals surface area contributed by atoms with Crippen LogP contribution < -0.4 is 11.3 Å². The molecule has 4 nitrogen and oxygen atoms in total. The van der Waals surface area contributed by atoms with Crippen LogP contribution in [0.15, 0.2) is 29.1 Å². The predicted octanol–water partition coefficient (Wildman–Crippen LogP) is 1.63. The first-order valence-corrected chi connectivity index (χ1v) is 5.56. The van der Waals surface area contributed by atoms with Crippen molar-refractivity contribution in [1.29, 1.82) is 0 Å². The third-order valence-corrected chi connectivity index (χ3v) is 2.65. The molecule has 0 radical (unpaired) electrons. The molecule has 1 heterocycles. The van der Waals surface area contributed by atoms with Crippen molar-refractivity contribution >= 4 is 5.69 Å². The fourth-order valence-electron chi connectivity index (χ4n) is 1.91. The SMILES string of the molecule is Cc1cc(=O)n(Cc2cc(N)cc(F)c2)c(C)n1. The van der Waals surface area contributed by atoms with E-state index in [-0.39, 0.29) is 12.1 Å². The summed E-state index contributed by atoms with van der Waals surface area (Å²) >= 11 is 0. The minimum Gasteiger partial charge on any atom is -0.399 e. The zero-order valence-electron chi connectivity index (χ0n) is 10.3. The van der Waals surface area contributed by atoms with E-state index in [1.165, 1.54) is 22.8 Å². The molecule has 0 unspecified atom stereocenters. The van der Waals surface area contributed by atoms with Crippen LogP contribution in [0.4, 0.5) is 10.1 Å². The molecule has 0 aliphatic rings. The summed E-state index contributed by atoms with van der Waals surface area (Å²) in [4.78, 5) is 16.0. The summed E-state index contributed by atoms with van der Waals surface area (Å²) in [5.74, 6) is 0.193. The van der Waals surface area contributed by atoms with Crippen LogP contribution in [0.2, 0.25) is 0 Å². The smallest absolute Gasteiger partial charge is 0.254 e. The minimum atomic E-state index is -0.407. The zero-order chi connectivity index (χ0) is 13.3. The van der Waals surface area contributed by atoms with E-state index in [9.17, 15) is 9.18 Å². The Morgan fingerprint density at radius 2 is 2.00 bits per heavy atom. The molecule has 0 bridgehead atoms. The Morgan fingerprint density at radius 3 is 2.61 bits per heavy atom. The Bertz CT molecular complexity index is 629. The lowest BCUT2D eigenvalue weighted by Gasteiger charge is -2.10. The minimum absolute atomic E-state index is 0.150. The van der Waals surface area contributed by atoms with Crippen molar-refractivity contribution in [1.82, 2.24) is 9.55 Å². The number of hydrogen-bond acceptors (Lipinski definition) is 3.